The number of aromatic nitrogens is 1. The molecule has 0 atom stereocenters. The molecule has 3 heterocycles. The van der Waals surface area contributed by atoms with Crippen LogP contribution >= 0.6 is 11.3 Å². The van der Waals surface area contributed by atoms with Crippen molar-refractivity contribution < 1.29 is 4.79 Å². The molecule has 5 rings (SSSR count). The van der Waals surface area contributed by atoms with Crippen molar-refractivity contribution >= 4 is 23.1 Å². The van der Waals surface area contributed by atoms with Gasteiger partial charge in [0.1, 0.15) is 5.82 Å². The second-order valence-corrected chi connectivity index (χ2v) is 8.14. The van der Waals surface area contributed by atoms with Gasteiger partial charge in [0.2, 0.25) is 0 Å². The van der Waals surface area contributed by atoms with Crippen molar-refractivity contribution in [1.82, 2.24) is 9.88 Å². The maximum atomic E-state index is 13.1. The number of pyridine rings is 1. The van der Waals surface area contributed by atoms with E-state index in [4.69, 9.17) is 0 Å². The minimum atomic E-state index is 0.174. The molecule has 1 aromatic carbocycles. The minimum Gasteiger partial charge on any atom is -0.353 e. The van der Waals surface area contributed by atoms with Crippen LogP contribution in [0, 0.1) is 0 Å². The standard InChI is InChI=1S/C22H21N3OS/c26-22(25-13-11-24(12-14-25)20-7-3-4-10-23-20)19-15-17-9-8-16-5-1-2-6-18(16)21(17)27-19/h1-7,10,15H,8-9,11-14H2. The van der Waals surface area contributed by atoms with E-state index in [1.165, 1.54) is 21.6 Å². The summed E-state index contributed by atoms with van der Waals surface area (Å²) in [5.74, 6) is 1.17. The molecule has 27 heavy (non-hydrogen) atoms. The number of hydrogen-bond acceptors (Lipinski definition) is 4. The maximum Gasteiger partial charge on any atom is 0.264 e. The Morgan fingerprint density at radius 3 is 2.52 bits per heavy atom. The molecular formula is C22H21N3OS. The first kappa shape index (κ1) is 16.5. The fourth-order valence-corrected chi connectivity index (χ4v) is 5.25. The molecule has 0 N–H and O–H groups in total. The van der Waals surface area contributed by atoms with Gasteiger partial charge in [0.05, 0.1) is 4.88 Å². The van der Waals surface area contributed by atoms with E-state index in [9.17, 15) is 4.79 Å². The molecular weight excluding hydrogens is 354 g/mol. The highest BCUT2D eigenvalue weighted by molar-refractivity contribution is 7.17. The maximum absolute atomic E-state index is 13.1. The number of benzene rings is 1. The predicted molar refractivity (Wildman–Crippen MR) is 110 cm³/mol. The number of nitrogens with zero attached hydrogens (tertiary/aromatic N) is 3. The number of piperazine rings is 1. The Hall–Kier alpha value is -2.66. The van der Waals surface area contributed by atoms with Gasteiger partial charge in [0.15, 0.2) is 0 Å². The SMILES string of the molecule is O=C(c1cc2c(s1)-c1ccccc1CC2)N1CCN(c2ccccn2)CC1. The summed E-state index contributed by atoms with van der Waals surface area (Å²) in [5.41, 5.74) is 4.03. The van der Waals surface area contributed by atoms with Crippen molar-refractivity contribution in [2.75, 3.05) is 31.1 Å². The molecule has 136 valence electrons. The van der Waals surface area contributed by atoms with Crippen molar-refractivity contribution in [2.24, 2.45) is 0 Å². The third-order valence-electron chi connectivity index (χ3n) is 5.49. The van der Waals surface area contributed by atoms with Crippen LogP contribution in [0.2, 0.25) is 0 Å². The third kappa shape index (κ3) is 3.02. The van der Waals surface area contributed by atoms with Crippen LogP contribution < -0.4 is 4.90 Å². The number of thiophene rings is 1. The molecule has 1 amide bonds. The normalized spacial score (nSPS) is 16.0. The van der Waals surface area contributed by atoms with Crippen molar-refractivity contribution in [1.29, 1.82) is 0 Å². The van der Waals surface area contributed by atoms with Gasteiger partial charge in [-0.3, -0.25) is 4.79 Å². The highest BCUT2D eigenvalue weighted by Crippen LogP contribution is 2.39. The fraction of sp³-hybridized carbons (Fsp3) is 0.273. The summed E-state index contributed by atoms with van der Waals surface area (Å²) in [6, 6.07) is 16.7. The quantitative estimate of drug-likeness (QED) is 0.682. The van der Waals surface area contributed by atoms with E-state index in [2.05, 4.69) is 40.2 Å². The lowest BCUT2D eigenvalue weighted by Gasteiger charge is -2.35. The van der Waals surface area contributed by atoms with Gasteiger partial charge in [-0.2, -0.15) is 0 Å². The van der Waals surface area contributed by atoms with Crippen LogP contribution in [0.5, 0.6) is 0 Å². The third-order valence-corrected chi connectivity index (χ3v) is 6.68. The highest BCUT2D eigenvalue weighted by atomic mass is 32.1. The zero-order valence-corrected chi connectivity index (χ0v) is 15.9. The number of carbonyl (C=O) groups is 1. The molecule has 1 saturated heterocycles. The van der Waals surface area contributed by atoms with Crippen LogP contribution in [0.3, 0.4) is 0 Å². The van der Waals surface area contributed by atoms with Crippen LogP contribution in [0.4, 0.5) is 5.82 Å². The minimum absolute atomic E-state index is 0.174. The van der Waals surface area contributed by atoms with Gasteiger partial charge >= 0.3 is 0 Å². The number of carbonyl (C=O) groups excluding carboxylic acids is 1. The topological polar surface area (TPSA) is 36.4 Å². The number of fused-ring (bicyclic) bond motifs is 3. The molecule has 2 aliphatic rings. The van der Waals surface area contributed by atoms with Crippen molar-refractivity contribution in [3.63, 3.8) is 0 Å². The van der Waals surface area contributed by atoms with Crippen molar-refractivity contribution in [2.45, 2.75) is 12.8 Å². The van der Waals surface area contributed by atoms with Gasteiger partial charge in [-0.05, 0) is 47.7 Å². The summed E-state index contributed by atoms with van der Waals surface area (Å²) in [6.07, 6.45) is 3.92. The Balaban J connectivity index is 1.33. The van der Waals surface area contributed by atoms with Crippen LogP contribution in [0.25, 0.3) is 10.4 Å². The summed E-state index contributed by atoms with van der Waals surface area (Å²) in [4.78, 5) is 23.9. The molecule has 0 radical (unpaired) electrons. The van der Waals surface area contributed by atoms with Crippen LogP contribution in [-0.4, -0.2) is 42.0 Å². The smallest absolute Gasteiger partial charge is 0.264 e. The van der Waals surface area contributed by atoms with E-state index < -0.39 is 0 Å². The van der Waals surface area contributed by atoms with Crippen molar-refractivity contribution in [3.8, 4) is 10.4 Å². The molecule has 0 unspecified atom stereocenters. The van der Waals surface area contributed by atoms with Crippen LogP contribution in [-0.2, 0) is 12.8 Å². The number of anilines is 1. The van der Waals surface area contributed by atoms with E-state index in [1.54, 1.807) is 11.3 Å². The predicted octanol–water partition coefficient (Wildman–Crippen LogP) is 3.87. The van der Waals surface area contributed by atoms with Crippen LogP contribution in [0.15, 0.2) is 54.7 Å². The van der Waals surface area contributed by atoms with Crippen molar-refractivity contribution in [3.05, 3.63) is 70.7 Å². The lowest BCUT2D eigenvalue weighted by Crippen LogP contribution is -2.48. The highest BCUT2D eigenvalue weighted by Gasteiger charge is 2.26. The van der Waals surface area contributed by atoms with Gasteiger partial charge in [0, 0.05) is 37.3 Å². The first-order chi connectivity index (χ1) is 13.3. The van der Waals surface area contributed by atoms with E-state index in [0.717, 1.165) is 49.7 Å². The van der Waals surface area contributed by atoms with Gasteiger partial charge in [-0.1, -0.05) is 30.3 Å². The lowest BCUT2D eigenvalue weighted by molar-refractivity contribution is 0.0751. The summed E-state index contributed by atoms with van der Waals surface area (Å²) in [6.45, 7) is 3.15. The first-order valence-corrected chi connectivity index (χ1v) is 10.3. The lowest BCUT2D eigenvalue weighted by atomic mass is 9.91. The van der Waals surface area contributed by atoms with Crippen LogP contribution in [0.1, 0.15) is 20.8 Å². The molecule has 0 spiro atoms. The largest absolute Gasteiger partial charge is 0.353 e. The molecule has 5 heteroatoms. The average Bonchev–Trinajstić information content (AvgIpc) is 3.19. The van der Waals surface area contributed by atoms with Gasteiger partial charge < -0.3 is 9.80 Å². The van der Waals surface area contributed by atoms with E-state index in [-0.39, 0.29) is 5.91 Å². The second-order valence-electron chi connectivity index (χ2n) is 7.09. The molecule has 0 saturated carbocycles. The monoisotopic (exact) mass is 375 g/mol. The number of hydrogen-bond donors (Lipinski definition) is 0. The Morgan fingerprint density at radius 1 is 0.926 bits per heavy atom. The Morgan fingerprint density at radius 2 is 1.70 bits per heavy atom. The molecule has 0 bridgehead atoms. The number of aryl methyl sites for hydroxylation is 2. The summed E-state index contributed by atoms with van der Waals surface area (Å²) in [5, 5.41) is 0. The first-order valence-electron chi connectivity index (χ1n) is 9.46. The molecule has 1 fully saturated rings. The molecule has 1 aliphatic carbocycles. The Bertz CT molecular complexity index is 974. The molecule has 1 aliphatic heterocycles. The average molecular weight is 375 g/mol. The molecule has 3 aromatic rings. The van der Waals surface area contributed by atoms with E-state index in [0.29, 0.717) is 0 Å². The molecule has 4 nitrogen and oxygen atoms in total. The zero-order chi connectivity index (χ0) is 18.2. The summed E-state index contributed by atoms with van der Waals surface area (Å²) >= 11 is 1.66. The van der Waals surface area contributed by atoms with Gasteiger partial charge in [-0.15, -0.1) is 11.3 Å². The van der Waals surface area contributed by atoms with Gasteiger partial charge in [0.25, 0.3) is 5.91 Å². The Labute approximate surface area is 163 Å². The molecule has 2 aromatic heterocycles. The summed E-state index contributed by atoms with van der Waals surface area (Å²) in [7, 11) is 0. The zero-order valence-electron chi connectivity index (χ0n) is 15.1. The Kier molecular flexibility index (Phi) is 4.17. The second kappa shape index (κ2) is 6.82. The van der Waals surface area contributed by atoms with Gasteiger partial charge in [-0.25, -0.2) is 4.98 Å². The number of amides is 1. The van der Waals surface area contributed by atoms with E-state index in [1.807, 2.05) is 29.3 Å². The van der Waals surface area contributed by atoms with E-state index >= 15 is 0 Å². The fourth-order valence-electron chi connectivity index (χ4n) is 4.01. The number of rotatable bonds is 2. The summed E-state index contributed by atoms with van der Waals surface area (Å²) < 4.78 is 0.